The van der Waals surface area contributed by atoms with Crippen molar-refractivity contribution in [2.24, 2.45) is 0 Å². The average Bonchev–Trinajstić information content (AvgIpc) is 3.12. The number of hydrogen-bond acceptors (Lipinski definition) is 7. The average molecular weight is 455 g/mol. The fourth-order valence-electron chi connectivity index (χ4n) is 4.66. The Balaban J connectivity index is 1.82. The number of rotatable bonds is 4. The van der Waals surface area contributed by atoms with E-state index in [9.17, 15) is 19.0 Å². The number of hydrogen-bond donors (Lipinski definition) is 1. The molecule has 5 rings (SSSR count). The van der Waals surface area contributed by atoms with Crippen molar-refractivity contribution in [3.05, 3.63) is 56.9 Å². The molecule has 164 valence electrons. The minimum Gasteiger partial charge on any atom is -0.496 e. The number of carbonyl (C=O) groups excluding carboxylic acids is 1. The zero-order chi connectivity index (χ0) is 22.8. The number of aromatic nitrogens is 2. The van der Waals surface area contributed by atoms with E-state index in [-0.39, 0.29) is 36.3 Å². The number of fused-ring (bicyclic) bond motifs is 5. The first-order chi connectivity index (χ1) is 15.3. The molecule has 4 heterocycles. The zero-order valence-corrected chi connectivity index (χ0v) is 18.6. The van der Waals surface area contributed by atoms with Crippen LogP contribution in [0.4, 0.5) is 0 Å². The number of methoxy groups -OCH3 is 1. The highest BCUT2D eigenvalue weighted by Crippen LogP contribution is 2.46. The monoisotopic (exact) mass is 455 g/mol. The van der Waals surface area contributed by atoms with Crippen LogP contribution in [0.15, 0.2) is 29.1 Å². The molecule has 10 heteroatoms. The summed E-state index contributed by atoms with van der Waals surface area (Å²) in [5.41, 5.74) is 1.84. The molecule has 0 saturated heterocycles. The van der Waals surface area contributed by atoms with E-state index < -0.39 is 19.8 Å². The van der Waals surface area contributed by atoms with Crippen LogP contribution in [0.5, 0.6) is 5.75 Å². The highest BCUT2D eigenvalue weighted by atomic mass is 31.1. The Bertz CT molecular complexity index is 1400. The number of carbonyl (C=O) groups is 1. The summed E-state index contributed by atoms with van der Waals surface area (Å²) in [5, 5.41) is 0.846. The van der Waals surface area contributed by atoms with Crippen LogP contribution in [0.2, 0.25) is 0 Å². The van der Waals surface area contributed by atoms with Crippen molar-refractivity contribution in [1.82, 2.24) is 9.55 Å². The molecule has 0 aliphatic carbocycles. The standard InChI is InChI=1S/C22H19N2O7P/c1-4-22(31-32(27)28)15-8-17-18-13(9-24(17)20(25)14(15)10-30-21(22)26)19(29-3)12-7-11(2)5-6-16(12)23-18/h5-8H,4,9-10H2,1-3H3/p+1/t22-/m0/s1. The Labute approximate surface area is 183 Å². The number of nitrogens with zero attached hydrogens (tertiary/aromatic N) is 2. The van der Waals surface area contributed by atoms with Gasteiger partial charge in [0.2, 0.25) is 5.60 Å². The molecule has 1 aromatic carbocycles. The lowest BCUT2D eigenvalue weighted by Crippen LogP contribution is -2.45. The smallest absolute Gasteiger partial charge is 0.496 e. The number of cyclic esters (lactones) is 1. The predicted molar refractivity (Wildman–Crippen MR) is 115 cm³/mol. The van der Waals surface area contributed by atoms with Gasteiger partial charge < -0.3 is 14.0 Å². The van der Waals surface area contributed by atoms with Crippen molar-refractivity contribution >= 4 is 25.1 Å². The summed E-state index contributed by atoms with van der Waals surface area (Å²) in [6.07, 6.45) is 0.0178. The van der Waals surface area contributed by atoms with Crippen molar-refractivity contribution < 1.29 is 28.3 Å². The van der Waals surface area contributed by atoms with E-state index in [1.54, 1.807) is 24.7 Å². The predicted octanol–water partition coefficient (Wildman–Crippen LogP) is 3.07. The molecule has 9 nitrogen and oxygen atoms in total. The van der Waals surface area contributed by atoms with Gasteiger partial charge in [0.1, 0.15) is 12.4 Å². The third-order valence-electron chi connectivity index (χ3n) is 6.20. The molecule has 0 amide bonds. The largest absolute Gasteiger partial charge is 0.696 e. The summed E-state index contributed by atoms with van der Waals surface area (Å²) in [6.45, 7) is 3.62. The summed E-state index contributed by atoms with van der Waals surface area (Å²) >= 11 is 0. The minimum absolute atomic E-state index is 0.0178. The molecule has 2 aromatic heterocycles. The first-order valence-corrected chi connectivity index (χ1v) is 11.2. The van der Waals surface area contributed by atoms with Gasteiger partial charge in [-0.1, -0.05) is 23.1 Å². The van der Waals surface area contributed by atoms with E-state index in [0.29, 0.717) is 22.7 Å². The van der Waals surface area contributed by atoms with Gasteiger partial charge in [0.25, 0.3) is 5.56 Å². The normalized spacial score (nSPS) is 19.2. The van der Waals surface area contributed by atoms with Gasteiger partial charge in [-0.15, -0.1) is 4.89 Å². The molecule has 32 heavy (non-hydrogen) atoms. The second kappa shape index (κ2) is 7.20. The molecule has 2 aliphatic rings. The second-order valence-corrected chi connectivity index (χ2v) is 8.55. The lowest BCUT2D eigenvalue weighted by molar-refractivity contribution is -0.169. The molecule has 3 aromatic rings. The van der Waals surface area contributed by atoms with Crippen molar-refractivity contribution in [3.8, 4) is 17.1 Å². The van der Waals surface area contributed by atoms with Gasteiger partial charge in [-0.05, 0) is 31.5 Å². The number of aryl methyl sites for hydroxylation is 1. The van der Waals surface area contributed by atoms with Gasteiger partial charge in [-0.2, -0.15) is 0 Å². The summed E-state index contributed by atoms with van der Waals surface area (Å²) in [6, 6.07) is 7.47. The summed E-state index contributed by atoms with van der Waals surface area (Å²) in [5.74, 6) is -0.162. The quantitative estimate of drug-likeness (QED) is 0.369. The Kier molecular flexibility index (Phi) is 4.67. The number of ether oxygens (including phenoxy) is 2. The fourth-order valence-corrected chi connectivity index (χ4v) is 5.23. The van der Waals surface area contributed by atoms with Crippen molar-refractivity contribution in [3.63, 3.8) is 0 Å². The summed E-state index contributed by atoms with van der Waals surface area (Å²) in [7, 11) is -1.55. The van der Waals surface area contributed by atoms with E-state index in [0.717, 1.165) is 16.5 Å². The maximum absolute atomic E-state index is 13.4. The van der Waals surface area contributed by atoms with Crippen LogP contribution in [0.1, 0.15) is 35.6 Å². The van der Waals surface area contributed by atoms with Crippen LogP contribution >= 0.6 is 8.25 Å². The molecule has 1 N–H and O–H groups in total. The number of esters is 1. The highest BCUT2D eigenvalue weighted by molar-refractivity contribution is 7.32. The Hall–Kier alpha value is -3.13. The van der Waals surface area contributed by atoms with Crippen molar-refractivity contribution in [2.75, 3.05) is 7.11 Å². The third-order valence-corrected chi connectivity index (χ3v) is 6.66. The first kappa shape index (κ1) is 20.8. The van der Waals surface area contributed by atoms with Gasteiger partial charge in [0, 0.05) is 21.1 Å². The second-order valence-electron chi connectivity index (χ2n) is 7.89. The zero-order valence-electron chi connectivity index (χ0n) is 17.7. The molecule has 0 bridgehead atoms. The maximum Gasteiger partial charge on any atom is 0.696 e. The Morgan fingerprint density at radius 2 is 2.06 bits per heavy atom. The topological polar surface area (TPSA) is 117 Å². The van der Waals surface area contributed by atoms with E-state index in [1.807, 2.05) is 25.1 Å². The van der Waals surface area contributed by atoms with Gasteiger partial charge in [0.15, 0.2) is 0 Å². The number of pyridine rings is 2. The highest BCUT2D eigenvalue weighted by Gasteiger charge is 2.54. The molecular weight excluding hydrogens is 435 g/mol. The van der Waals surface area contributed by atoms with Crippen LogP contribution in [0.25, 0.3) is 22.3 Å². The van der Waals surface area contributed by atoms with Crippen LogP contribution in [0, 0.1) is 6.92 Å². The summed E-state index contributed by atoms with van der Waals surface area (Å²) < 4.78 is 29.2. The molecular formula is C22H20N2O7P+. The lowest BCUT2D eigenvalue weighted by atomic mass is 9.86. The van der Waals surface area contributed by atoms with Crippen molar-refractivity contribution in [2.45, 2.75) is 39.0 Å². The minimum atomic E-state index is -3.13. The number of benzene rings is 1. The van der Waals surface area contributed by atoms with Gasteiger partial charge in [-0.25, -0.2) is 9.78 Å². The van der Waals surface area contributed by atoms with Gasteiger partial charge in [-0.3, -0.25) is 4.79 Å². The van der Waals surface area contributed by atoms with E-state index in [4.69, 9.17) is 19.0 Å². The maximum atomic E-state index is 13.4. The van der Waals surface area contributed by atoms with E-state index in [2.05, 4.69) is 0 Å². The van der Waals surface area contributed by atoms with E-state index >= 15 is 0 Å². The Morgan fingerprint density at radius 3 is 2.75 bits per heavy atom. The SMILES string of the molecule is CC[C@@]1(O[P+](=O)O)C(=O)OCc2c1cc1n(c2=O)Cc2c-1nc1ccc(C)cc1c2OC. The fraction of sp³-hybridized carbons (Fsp3) is 0.318. The van der Waals surface area contributed by atoms with Gasteiger partial charge in [0.05, 0.1) is 36.1 Å². The molecule has 0 saturated carbocycles. The van der Waals surface area contributed by atoms with Crippen LogP contribution in [-0.2, 0) is 37.4 Å². The summed E-state index contributed by atoms with van der Waals surface area (Å²) in [4.78, 5) is 40.3. The van der Waals surface area contributed by atoms with Crippen LogP contribution in [-0.4, -0.2) is 27.5 Å². The molecule has 0 spiro atoms. The lowest BCUT2D eigenvalue weighted by Gasteiger charge is -2.31. The molecule has 2 aliphatic heterocycles. The van der Waals surface area contributed by atoms with E-state index in [1.165, 1.54) is 0 Å². The molecule has 0 fully saturated rings. The third kappa shape index (κ3) is 2.75. The van der Waals surface area contributed by atoms with Gasteiger partial charge >= 0.3 is 14.2 Å². The van der Waals surface area contributed by atoms with Crippen LogP contribution in [0.3, 0.4) is 0 Å². The molecule has 2 atom stereocenters. The van der Waals surface area contributed by atoms with Crippen LogP contribution < -0.4 is 10.3 Å². The molecule has 1 unspecified atom stereocenters. The first-order valence-electron chi connectivity index (χ1n) is 10.1. The Morgan fingerprint density at radius 1 is 1.28 bits per heavy atom. The van der Waals surface area contributed by atoms with Crippen molar-refractivity contribution in [1.29, 1.82) is 0 Å². The molecule has 0 radical (unpaired) electrons.